The molecule has 0 atom stereocenters. The molecule has 2 rings (SSSR count). The highest BCUT2D eigenvalue weighted by atomic mass is 16.6. The number of ether oxygens (including phenoxy) is 3. The molecule has 0 saturated carbocycles. The van der Waals surface area contributed by atoms with Gasteiger partial charge in [-0.1, -0.05) is 12.2 Å². The number of benzene rings is 2. The van der Waals surface area contributed by atoms with Gasteiger partial charge in [-0.2, -0.15) is 0 Å². The molecule has 2 N–H and O–H groups in total. The smallest absolute Gasteiger partial charge is 0.314 e. The molecule has 0 aliphatic rings. The molecule has 8 nitrogen and oxygen atoms in total. The average Bonchev–Trinajstić information content (AvgIpc) is 2.61. The Morgan fingerprint density at radius 1 is 0.960 bits per heavy atom. The molecule has 0 bridgehead atoms. The van der Waals surface area contributed by atoms with Crippen LogP contribution in [0.4, 0.5) is 5.69 Å². The zero-order valence-corrected chi connectivity index (χ0v) is 13.8. The van der Waals surface area contributed by atoms with Crippen molar-refractivity contribution in [1.29, 1.82) is 0 Å². The maximum absolute atomic E-state index is 10.7. The van der Waals surface area contributed by atoms with Crippen molar-refractivity contribution in [2.24, 2.45) is 0 Å². The van der Waals surface area contributed by atoms with E-state index in [0.29, 0.717) is 22.8 Å². The molecular weight excluding hydrogens is 330 g/mol. The lowest BCUT2D eigenvalue weighted by Gasteiger charge is -2.12. The van der Waals surface area contributed by atoms with Crippen LogP contribution in [0.2, 0.25) is 0 Å². The molecule has 0 saturated heterocycles. The summed E-state index contributed by atoms with van der Waals surface area (Å²) >= 11 is 0. The van der Waals surface area contributed by atoms with E-state index in [2.05, 4.69) is 0 Å². The van der Waals surface area contributed by atoms with Gasteiger partial charge in [0.2, 0.25) is 11.5 Å². The lowest BCUT2D eigenvalue weighted by molar-refractivity contribution is -0.386. The second-order valence-corrected chi connectivity index (χ2v) is 4.92. The number of nitro benzene ring substituents is 1. The first-order chi connectivity index (χ1) is 11.9. The van der Waals surface area contributed by atoms with Gasteiger partial charge in [-0.05, 0) is 23.8 Å². The highest BCUT2D eigenvalue weighted by molar-refractivity contribution is 5.77. The van der Waals surface area contributed by atoms with Gasteiger partial charge in [-0.3, -0.25) is 10.1 Å². The van der Waals surface area contributed by atoms with Gasteiger partial charge in [-0.15, -0.1) is 0 Å². The number of phenols is 2. The molecule has 0 fully saturated rings. The van der Waals surface area contributed by atoms with E-state index < -0.39 is 22.1 Å². The SMILES string of the molecule is COc1cc(/C=C\c2ccc([N+](=O)[O-])c(O)c2O)cc(OC)c1OC. The minimum absolute atomic E-state index is 0.219. The molecule has 0 aliphatic heterocycles. The van der Waals surface area contributed by atoms with Crippen LogP contribution in [-0.4, -0.2) is 36.5 Å². The number of phenolic OH excluding ortho intramolecular Hbond substituents is 2. The maximum atomic E-state index is 10.7. The summed E-state index contributed by atoms with van der Waals surface area (Å²) in [5, 5.41) is 30.4. The first-order valence-corrected chi connectivity index (χ1v) is 7.10. The highest BCUT2D eigenvalue weighted by Gasteiger charge is 2.19. The standard InChI is InChI=1S/C17H17NO7/c1-23-13-8-10(9-14(24-2)17(13)25-3)4-5-11-6-7-12(18(21)22)16(20)15(11)19/h4-9,19-20H,1-3H3/b5-4-. The summed E-state index contributed by atoms with van der Waals surface area (Å²) in [7, 11) is 4.48. The predicted molar refractivity (Wildman–Crippen MR) is 91.5 cm³/mol. The molecule has 0 heterocycles. The summed E-state index contributed by atoms with van der Waals surface area (Å²) in [5.41, 5.74) is 0.325. The molecule has 25 heavy (non-hydrogen) atoms. The summed E-state index contributed by atoms with van der Waals surface area (Å²) < 4.78 is 15.7. The first kappa shape index (κ1) is 17.9. The van der Waals surface area contributed by atoms with Gasteiger partial charge in [0, 0.05) is 11.6 Å². The molecule has 132 valence electrons. The summed E-state index contributed by atoms with van der Waals surface area (Å²) in [6.07, 6.45) is 3.13. The second-order valence-electron chi connectivity index (χ2n) is 4.92. The van der Waals surface area contributed by atoms with E-state index in [1.165, 1.54) is 33.5 Å². The van der Waals surface area contributed by atoms with Crippen LogP contribution >= 0.6 is 0 Å². The summed E-state index contributed by atoms with van der Waals surface area (Å²) in [6.45, 7) is 0. The first-order valence-electron chi connectivity index (χ1n) is 7.10. The van der Waals surface area contributed by atoms with Crippen LogP contribution in [0.3, 0.4) is 0 Å². The van der Waals surface area contributed by atoms with Crippen LogP contribution in [0.5, 0.6) is 28.7 Å². The molecular formula is C17H17NO7. The van der Waals surface area contributed by atoms with E-state index in [0.717, 1.165) is 6.07 Å². The number of hydrogen-bond acceptors (Lipinski definition) is 7. The molecule has 0 amide bonds. The van der Waals surface area contributed by atoms with Crippen molar-refractivity contribution >= 4 is 17.8 Å². The largest absolute Gasteiger partial charge is 0.504 e. The minimum Gasteiger partial charge on any atom is -0.504 e. The van der Waals surface area contributed by atoms with Gasteiger partial charge in [0.05, 0.1) is 26.3 Å². The third-order valence-electron chi connectivity index (χ3n) is 3.50. The molecule has 2 aromatic rings. The van der Waals surface area contributed by atoms with Crippen LogP contribution in [0, 0.1) is 10.1 Å². The zero-order valence-electron chi connectivity index (χ0n) is 13.8. The third kappa shape index (κ3) is 3.57. The highest BCUT2D eigenvalue weighted by Crippen LogP contribution is 2.40. The van der Waals surface area contributed by atoms with E-state index in [-0.39, 0.29) is 5.56 Å². The third-order valence-corrected chi connectivity index (χ3v) is 3.50. The molecule has 8 heteroatoms. The summed E-state index contributed by atoms with van der Waals surface area (Å²) in [6, 6.07) is 5.84. The van der Waals surface area contributed by atoms with Crippen molar-refractivity contribution in [3.63, 3.8) is 0 Å². The van der Waals surface area contributed by atoms with Crippen LogP contribution in [0.15, 0.2) is 24.3 Å². The Kier molecular flexibility index (Phi) is 5.33. The minimum atomic E-state index is -0.781. The Labute approximate surface area is 143 Å². The average molecular weight is 347 g/mol. The van der Waals surface area contributed by atoms with Gasteiger partial charge in [0.1, 0.15) is 0 Å². The van der Waals surface area contributed by atoms with Crippen molar-refractivity contribution in [3.8, 4) is 28.7 Å². The lowest BCUT2D eigenvalue weighted by atomic mass is 10.1. The lowest BCUT2D eigenvalue weighted by Crippen LogP contribution is -1.95. The van der Waals surface area contributed by atoms with Gasteiger partial charge in [0.15, 0.2) is 17.2 Å². The Morgan fingerprint density at radius 3 is 2.04 bits per heavy atom. The summed E-state index contributed by atoms with van der Waals surface area (Å²) in [5.74, 6) is 0.00227. The van der Waals surface area contributed by atoms with Gasteiger partial charge in [-0.25, -0.2) is 0 Å². The van der Waals surface area contributed by atoms with Gasteiger partial charge in [0.25, 0.3) is 0 Å². The zero-order chi connectivity index (χ0) is 18.6. The van der Waals surface area contributed by atoms with Gasteiger partial charge >= 0.3 is 5.69 Å². The van der Waals surface area contributed by atoms with Crippen molar-refractivity contribution in [3.05, 3.63) is 45.5 Å². The fourth-order valence-corrected chi connectivity index (χ4v) is 2.25. The quantitative estimate of drug-likeness (QED) is 0.357. The monoisotopic (exact) mass is 347 g/mol. The number of aromatic hydroxyl groups is 2. The van der Waals surface area contributed by atoms with E-state index in [1.54, 1.807) is 18.2 Å². The van der Waals surface area contributed by atoms with E-state index in [9.17, 15) is 20.3 Å². The normalized spacial score (nSPS) is 10.7. The molecule has 0 aromatic heterocycles. The predicted octanol–water partition coefficient (Wildman–Crippen LogP) is 3.20. The number of nitrogens with zero attached hydrogens (tertiary/aromatic N) is 1. The van der Waals surface area contributed by atoms with E-state index in [1.807, 2.05) is 0 Å². The van der Waals surface area contributed by atoms with Crippen molar-refractivity contribution in [1.82, 2.24) is 0 Å². The second kappa shape index (κ2) is 7.43. The van der Waals surface area contributed by atoms with Crippen molar-refractivity contribution in [2.45, 2.75) is 0 Å². The molecule has 0 aliphatic carbocycles. The van der Waals surface area contributed by atoms with Gasteiger partial charge < -0.3 is 24.4 Å². The topological polar surface area (TPSA) is 111 Å². The fourth-order valence-electron chi connectivity index (χ4n) is 2.25. The van der Waals surface area contributed by atoms with Crippen LogP contribution < -0.4 is 14.2 Å². The number of rotatable bonds is 6. The van der Waals surface area contributed by atoms with Crippen LogP contribution in [0.25, 0.3) is 12.2 Å². The van der Waals surface area contributed by atoms with E-state index >= 15 is 0 Å². The number of hydrogen-bond donors (Lipinski definition) is 2. The Morgan fingerprint density at radius 2 is 1.56 bits per heavy atom. The van der Waals surface area contributed by atoms with Crippen LogP contribution in [-0.2, 0) is 0 Å². The van der Waals surface area contributed by atoms with Crippen LogP contribution in [0.1, 0.15) is 11.1 Å². The molecule has 0 unspecified atom stereocenters. The molecule has 0 radical (unpaired) electrons. The molecule has 2 aromatic carbocycles. The molecule has 0 spiro atoms. The number of methoxy groups -OCH3 is 3. The maximum Gasteiger partial charge on any atom is 0.314 e. The Balaban J connectivity index is 2.43. The van der Waals surface area contributed by atoms with Crippen molar-refractivity contribution in [2.75, 3.05) is 21.3 Å². The summed E-state index contributed by atoms with van der Waals surface area (Å²) in [4.78, 5) is 9.97. The fraction of sp³-hybridized carbons (Fsp3) is 0.176. The number of nitro groups is 1. The Bertz CT molecular complexity index is 805. The van der Waals surface area contributed by atoms with Crippen molar-refractivity contribution < 1.29 is 29.3 Å². The van der Waals surface area contributed by atoms with E-state index in [4.69, 9.17) is 14.2 Å². The Hall–Kier alpha value is -3.42.